The summed E-state index contributed by atoms with van der Waals surface area (Å²) < 4.78 is 6.79. The second kappa shape index (κ2) is 7.05. The van der Waals surface area contributed by atoms with Crippen LogP contribution in [-0.2, 0) is 6.54 Å². The van der Waals surface area contributed by atoms with E-state index in [9.17, 15) is 0 Å². The number of halogens is 1. The van der Waals surface area contributed by atoms with Crippen molar-refractivity contribution in [2.24, 2.45) is 0 Å². The molecule has 4 rings (SSSR count). The fourth-order valence-corrected chi connectivity index (χ4v) is 4.02. The zero-order chi connectivity index (χ0) is 16.4. The van der Waals surface area contributed by atoms with Crippen LogP contribution in [0.4, 0.5) is 0 Å². The van der Waals surface area contributed by atoms with Gasteiger partial charge in [-0.1, -0.05) is 41.5 Å². The molecule has 0 amide bonds. The van der Waals surface area contributed by atoms with Gasteiger partial charge in [-0.3, -0.25) is 4.90 Å². The summed E-state index contributed by atoms with van der Waals surface area (Å²) in [5, 5.41) is 1.20. The first-order chi connectivity index (χ1) is 11.8. The van der Waals surface area contributed by atoms with E-state index in [1.807, 2.05) is 18.2 Å². The standard InChI is InChI=1S/C18H18ClN3OS/c19-14-10-16-17(20-11-14)21-18(24-16)23-15-6-4-13(5-7-15)12-22-8-2-1-3-9-22/h4-7,10-11H,1-3,8-9,12H2. The number of aromatic nitrogens is 2. The molecule has 0 aliphatic carbocycles. The van der Waals surface area contributed by atoms with Crippen molar-refractivity contribution in [3.8, 4) is 10.9 Å². The smallest absolute Gasteiger partial charge is 0.281 e. The Balaban J connectivity index is 1.44. The minimum atomic E-state index is 0.587. The fourth-order valence-electron chi connectivity index (χ4n) is 2.96. The van der Waals surface area contributed by atoms with Crippen LogP contribution in [0.15, 0.2) is 36.5 Å². The Labute approximate surface area is 150 Å². The molecule has 0 spiro atoms. The van der Waals surface area contributed by atoms with Gasteiger partial charge in [-0.15, -0.1) is 0 Å². The lowest BCUT2D eigenvalue weighted by Crippen LogP contribution is -2.28. The van der Waals surface area contributed by atoms with E-state index in [4.69, 9.17) is 16.3 Å². The highest BCUT2D eigenvalue weighted by Crippen LogP contribution is 2.31. The van der Waals surface area contributed by atoms with Crippen molar-refractivity contribution in [1.82, 2.24) is 14.9 Å². The van der Waals surface area contributed by atoms with Crippen LogP contribution in [0.25, 0.3) is 10.3 Å². The van der Waals surface area contributed by atoms with Gasteiger partial charge in [0.05, 0.1) is 9.72 Å². The van der Waals surface area contributed by atoms with E-state index in [0.29, 0.717) is 15.9 Å². The van der Waals surface area contributed by atoms with Crippen LogP contribution >= 0.6 is 22.9 Å². The molecule has 1 aliphatic heterocycles. The number of nitrogens with zero attached hydrogens (tertiary/aromatic N) is 3. The molecule has 0 saturated carbocycles. The maximum Gasteiger partial charge on any atom is 0.281 e. The number of hydrogen-bond donors (Lipinski definition) is 0. The van der Waals surface area contributed by atoms with Crippen molar-refractivity contribution < 1.29 is 4.74 Å². The molecular weight excluding hydrogens is 342 g/mol. The molecule has 0 unspecified atom stereocenters. The van der Waals surface area contributed by atoms with E-state index in [2.05, 4.69) is 27.0 Å². The van der Waals surface area contributed by atoms with E-state index in [0.717, 1.165) is 17.0 Å². The number of pyridine rings is 1. The quantitative estimate of drug-likeness (QED) is 0.647. The van der Waals surface area contributed by atoms with Crippen molar-refractivity contribution in [2.45, 2.75) is 25.8 Å². The molecule has 1 aliphatic rings. The molecule has 4 nitrogen and oxygen atoms in total. The predicted octanol–water partition coefficient (Wildman–Crippen LogP) is 5.12. The Hall–Kier alpha value is -1.69. The van der Waals surface area contributed by atoms with Crippen molar-refractivity contribution in [2.75, 3.05) is 13.1 Å². The first-order valence-electron chi connectivity index (χ1n) is 8.17. The molecule has 0 bridgehead atoms. The minimum absolute atomic E-state index is 0.587. The van der Waals surface area contributed by atoms with Gasteiger partial charge in [0.1, 0.15) is 5.75 Å². The Kier molecular flexibility index (Phi) is 4.65. The number of rotatable bonds is 4. The molecule has 3 aromatic rings. The topological polar surface area (TPSA) is 38.3 Å². The molecule has 1 saturated heterocycles. The summed E-state index contributed by atoms with van der Waals surface area (Å²) in [6.07, 6.45) is 5.60. The van der Waals surface area contributed by atoms with Gasteiger partial charge < -0.3 is 4.74 Å². The van der Waals surface area contributed by atoms with Crippen LogP contribution in [0.2, 0.25) is 5.02 Å². The minimum Gasteiger partial charge on any atom is -0.431 e. The van der Waals surface area contributed by atoms with E-state index < -0.39 is 0 Å². The maximum atomic E-state index is 5.96. The molecular formula is C18H18ClN3OS. The molecule has 24 heavy (non-hydrogen) atoms. The summed E-state index contributed by atoms with van der Waals surface area (Å²) >= 11 is 7.41. The van der Waals surface area contributed by atoms with Crippen LogP contribution in [0.5, 0.6) is 10.9 Å². The predicted molar refractivity (Wildman–Crippen MR) is 98.1 cm³/mol. The molecule has 0 atom stereocenters. The average Bonchev–Trinajstić information content (AvgIpc) is 2.99. The largest absolute Gasteiger partial charge is 0.431 e. The third-order valence-corrected chi connectivity index (χ3v) is 5.25. The summed E-state index contributed by atoms with van der Waals surface area (Å²) in [5.74, 6) is 0.794. The third kappa shape index (κ3) is 3.69. The van der Waals surface area contributed by atoms with Crippen molar-refractivity contribution in [1.29, 1.82) is 0 Å². The van der Waals surface area contributed by atoms with E-state index >= 15 is 0 Å². The fraction of sp³-hybridized carbons (Fsp3) is 0.333. The monoisotopic (exact) mass is 359 g/mol. The summed E-state index contributed by atoms with van der Waals surface area (Å²) in [4.78, 5) is 11.1. The molecule has 1 fully saturated rings. The number of hydrogen-bond acceptors (Lipinski definition) is 5. The Morgan fingerprint density at radius 2 is 1.92 bits per heavy atom. The van der Waals surface area contributed by atoms with Gasteiger partial charge in [0, 0.05) is 12.7 Å². The lowest BCUT2D eigenvalue weighted by atomic mass is 10.1. The third-order valence-electron chi connectivity index (χ3n) is 4.18. The lowest BCUT2D eigenvalue weighted by molar-refractivity contribution is 0.221. The first-order valence-corrected chi connectivity index (χ1v) is 9.37. The number of benzene rings is 1. The number of thiazole rings is 1. The van der Waals surface area contributed by atoms with Crippen LogP contribution in [0.3, 0.4) is 0 Å². The van der Waals surface area contributed by atoms with Crippen LogP contribution in [0.1, 0.15) is 24.8 Å². The second-order valence-corrected chi connectivity index (χ2v) is 7.47. The Morgan fingerprint density at radius 1 is 1.12 bits per heavy atom. The van der Waals surface area contributed by atoms with Gasteiger partial charge in [-0.2, -0.15) is 4.98 Å². The zero-order valence-corrected chi connectivity index (χ0v) is 14.8. The van der Waals surface area contributed by atoms with E-state index in [1.165, 1.54) is 49.3 Å². The van der Waals surface area contributed by atoms with E-state index in [-0.39, 0.29) is 0 Å². The van der Waals surface area contributed by atoms with Crippen molar-refractivity contribution in [3.63, 3.8) is 0 Å². The number of ether oxygens (including phenoxy) is 1. The first kappa shape index (κ1) is 15.8. The second-order valence-electron chi connectivity index (χ2n) is 6.04. The van der Waals surface area contributed by atoms with Gasteiger partial charge >= 0.3 is 0 Å². The van der Waals surface area contributed by atoms with Crippen LogP contribution < -0.4 is 4.74 Å². The highest BCUT2D eigenvalue weighted by molar-refractivity contribution is 7.20. The zero-order valence-electron chi connectivity index (χ0n) is 13.2. The molecule has 6 heteroatoms. The summed E-state index contributed by atoms with van der Waals surface area (Å²) in [6.45, 7) is 3.43. The van der Waals surface area contributed by atoms with Gasteiger partial charge in [-0.05, 0) is 49.7 Å². The summed E-state index contributed by atoms with van der Waals surface area (Å²) in [5.41, 5.74) is 1.99. The molecule has 1 aromatic carbocycles. The molecule has 0 N–H and O–H groups in total. The summed E-state index contributed by atoms with van der Waals surface area (Å²) in [6, 6.07) is 10.1. The van der Waals surface area contributed by atoms with Crippen molar-refractivity contribution in [3.05, 3.63) is 47.1 Å². The highest BCUT2D eigenvalue weighted by Gasteiger charge is 2.11. The highest BCUT2D eigenvalue weighted by atomic mass is 35.5. The SMILES string of the molecule is Clc1cnc2nc(Oc3ccc(CN4CCCCC4)cc3)sc2c1. The summed E-state index contributed by atoms with van der Waals surface area (Å²) in [7, 11) is 0. The average molecular weight is 360 g/mol. The van der Waals surface area contributed by atoms with Crippen molar-refractivity contribution >= 4 is 33.3 Å². The van der Waals surface area contributed by atoms with Gasteiger partial charge in [-0.25, -0.2) is 4.98 Å². The molecule has 2 aromatic heterocycles. The normalized spacial score (nSPS) is 15.7. The Bertz CT molecular complexity index is 828. The van der Waals surface area contributed by atoms with Crippen LogP contribution in [-0.4, -0.2) is 28.0 Å². The maximum absolute atomic E-state index is 5.96. The lowest BCUT2D eigenvalue weighted by Gasteiger charge is -2.26. The molecule has 3 heterocycles. The number of likely N-dealkylation sites (tertiary alicyclic amines) is 1. The van der Waals surface area contributed by atoms with Crippen LogP contribution in [0, 0.1) is 0 Å². The molecule has 0 radical (unpaired) electrons. The number of piperidine rings is 1. The van der Waals surface area contributed by atoms with Gasteiger partial charge in [0.25, 0.3) is 5.19 Å². The molecule has 124 valence electrons. The Morgan fingerprint density at radius 3 is 2.71 bits per heavy atom. The van der Waals surface area contributed by atoms with E-state index in [1.54, 1.807) is 6.20 Å². The van der Waals surface area contributed by atoms with Gasteiger partial charge in [0.2, 0.25) is 0 Å². The number of fused-ring (bicyclic) bond motifs is 1. The van der Waals surface area contributed by atoms with Gasteiger partial charge in [0.15, 0.2) is 5.65 Å².